The van der Waals surface area contributed by atoms with Gasteiger partial charge in [-0.1, -0.05) is 138 Å². The second-order valence-corrected chi connectivity index (χ2v) is 20.1. The van der Waals surface area contributed by atoms with Crippen LogP contribution < -0.4 is 24.8 Å². The normalized spacial score (nSPS) is 13.6. The maximum atomic E-state index is 3.40. The first-order valence-corrected chi connectivity index (χ1v) is 27.9. The summed E-state index contributed by atoms with van der Waals surface area (Å²) in [5.41, 5.74) is 8.08. The molecule has 2 aliphatic rings. The molecule has 12 rings (SSSR count). The standard InChI is InChI=1S/2C13H9.2C13H10.2C9H13.2ClH.2Zr/c2*1-3-7-12-10(5-1)9-11-6-2-4-8-13(11)12;2*1-3-7-12(8-4-1)11-13-9-5-2-6-10-13;2*1-3-8-5-6-9(4-2)7-8;;;;/h2*1-9H;2*1-10H;2*5-6,8H,3-4H2,1-2H3;2*1H;;/q2*-1;;;2*-1;;;2*+2/p-2. The van der Waals surface area contributed by atoms with E-state index in [1.54, 1.807) is 0 Å². The predicted octanol–water partition coefficient (Wildman–Crippen LogP) is 12.5. The third kappa shape index (κ3) is 17.3. The van der Waals surface area contributed by atoms with Crippen LogP contribution in [0.4, 0.5) is 0 Å². The Labute approximate surface area is 483 Å². The van der Waals surface area contributed by atoms with E-state index in [2.05, 4.69) is 295 Å². The van der Waals surface area contributed by atoms with Gasteiger partial charge >= 0.3 is 198 Å². The second kappa shape index (κ2) is 32.1. The molecular formula is C70H64Cl2Zr2-2. The average molecular weight is 1160 g/mol. The van der Waals surface area contributed by atoms with Crippen LogP contribution in [0.15, 0.2) is 266 Å². The van der Waals surface area contributed by atoms with Crippen LogP contribution in [0.1, 0.15) is 75.6 Å². The number of hydrogen-bond donors (Lipinski definition) is 0. The Balaban J connectivity index is 0.000000165. The van der Waals surface area contributed by atoms with Crippen molar-refractivity contribution < 1.29 is 73.3 Å². The van der Waals surface area contributed by atoms with Crippen LogP contribution in [0.2, 0.25) is 0 Å². The molecule has 2 atom stereocenters. The van der Waals surface area contributed by atoms with Gasteiger partial charge in [0.05, 0.1) is 0 Å². The molecule has 0 heterocycles. The van der Waals surface area contributed by atoms with Gasteiger partial charge in [0, 0.05) is 0 Å². The van der Waals surface area contributed by atoms with Crippen LogP contribution >= 0.6 is 0 Å². The van der Waals surface area contributed by atoms with Gasteiger partial charge in [-0.3, -0.25) is 12.2 Å². The third-order valence-corrected chi connectivity index (χ3v) is 15.6. The molecule has 10 aromatic rings. The van der Waals surface area contributed by atoms with E-state index in [-0.39, 0.29) is 24.8 Å². The molecule has 2 aliphatic carbocycles. The molecule has 0 aliphatic heterocycles. The van der Waals surface area contributed by atoms with Crippen LogP contribution in [-0.4, -0.2) is 6.41 Å². The van der Waals surface area contributed by atoms with Crippen LogP contribution in [0.25, 0.3) is 43.1 Å². The molecule has 0 amide bonds. The fourth-order valence-corrected chi connectivity index (χ4v) is 10.2. The SMILES string of the molecule is CCC1=[C-]C(CC)C=C1.CCC1=[C-]C(CC)C=C1.[Cl-].[Cl-].[Zr+2]=[C](c1ccccc1)c1ccccc1.[Zr+2]=[C](c1ccccc1)c1ccccc1.c1ccc2c(c1)[cH-]c1ccccc12.c1ccc2c(c1)[cH-]c1ccccc12. The molecule has 2 unspecified atom stereocenters. The van der Waals surface area contributed by atoms with E-state index in [1.807, 2.05) is 0 Å². The molecule has 0 saturated heterocycles. The maximum Gasteiger partial charge on any atom is -0.0771 e. The molecule has 0 fully saturated rings. The van der Waals surface area contributed by atoms with Crippen molar-refractivity contribution in [3.05, 3.63) is 300 Å². The van der Waals surface area contributed by atoms with E-state index in [4.69, 9.17) is 0 Å². The van der Waals surface area contributed by atoms with E-state index < -0.39 is 0 Å². The number of fused-ring (bicyclic) bond motifs is 6. The van der Waals surface area contributed by atoms with Gasteiger partial charge in [0.2, 0.25) is 0 Å². The minimum Gasteiger partial charge on any atom is -0.126 e. The minimum atomic E-state index is 0. The van der Waals surface area contributed by atoms with E-state index in [1.165, 1.54) is 144 Å². The largest absolute Gasteiger partial charge is 0.126 e. The van der Waals surface area contributed by atoms with Gasteiger partial charge in [-0.25, -0.2) is 23.3 Å². The first kappa shape index (κ1) is 59.4. The molecule has 74 heavy (non-hydrogen) atoms. The summed E-state index contributed by atoms with van der Waals surface area (Å²) < 4.78 is 2.83. The zero-order valence-electron chi connectivity index (χ0n) is 43.0. The summed E-state index contributed by atoms with van der Waals surface area (Å²) in [5.74, 6) is 1.22. The average Bonchev–Trinajstić information content (AvgIpc) is 4.30. The minimum absolute atomic E-state index is 0. The molecule has 4 heteroatoms. The third-order valence-electron chi connectivity index (χ3n) is 12.7. The Morgan fingerprint density at radius 1 is 0.351 bits per heavy atom. The van der Waals surface area contributed by atoms with Gasteiger partial charge in [0.1, 0.15) is 0 Å². The van der Waals surface area contributed by atoms with Crippen molar-refractivity contribution in [3.8, 4) is 0 Å². The summed E-state index contributed by atoms with van der Waals surface area (Å²) >= 11 is 2.92. The Morgan fingerprint density at radius 3 is 0.784 bits per heavy atom. The van der Waals surface area contributed by atoms with Crippen molar-refractivity contribution in [3.63, 3.8) is 0 Å². The van der Waals surface area contributed by atoms with Gasteiger partial charge < -0.3 is 24.8 Å². The predicted molar refractivity (Wildman–Crippen MR) is 306 cm³/mol. The fraction of sp³-hybridized carbons (Fsp3) is 0.143. The van der Waals surface area contributed by atoms with Gasteiger partial charge in [-0.05, 0) is 0 Å². The van der Waals surface area contributed by atoms with Crippen LogP contribution in [0.5, 0.6) is 0 Å². The molecule has 0 radical (unpaired) electrons. The smallest absolute Gasteiger partial charge is 0.0771 e. The van der Waals surface area contributed by atoms with Crippen LogP contribution in [0.3, 0.4) is 0 Å². The zero-order valence-corrected chi connectivity index (χ0v) is 49.4. The van der Waals surface area contributed by atoms with Crippen LogP contribution in [0, 0.1) is 24.0 Å². The van der Waals surface area contributed by atoms with Crippen molar-refractivity contribution >= 4 is 49.5 Å². The summed E-state index contributed by atoms with van der Waals surface area (Å²) in [7, 11) is 0. The molecular weight excluding hydrogens is 1090 g/mol. The van der Waals surface area contributed by atoms with Gasteiger partial charge in [-0.15, -0.1) is 79.5 Å². The fourth-order valence-electron chi connectivity index (χ4n) is 8.61. The number of rotatable bonds is 8. The maximum absolute atomic E-state index is 3.40. The zero-order chi connectivity index (χ0) is 50.3. The molecule has 0 saturated carbocycles. The Morgan fingerprint density at radius 2 is 0.581 bits per heavy atom. The first-order valence-electron chi connectivity index (χ1n) is 25.4. The summed E-state index contributed by atoms with van der Waals surface area (Å²) in [6.45, 7) is 8.73. The summed E-state index contributed by atoms with van der Waals surface area (Å²) in [5, 5.41) is 10.8. The molecule has 0 spiro atoms. The van der Waals surface area contributed by atoms with E-state index >= 15 is 0 Å². The Hall–Kier alpha value is -5.45. The van der Waals surface area contributed by atoms with Gasteiger partial charge in [0.25, 0.3) is 0 Å². The Bertz CT molecular complexity index is 2960. The van der Waals surface area contributed by atoms with Crippen molar-refractivity contribution in [2.24, 2.45) is 11.8 Å². The van der Waals surface area contributed by atoms with Crippen molar-refractivity contribution in [1.29, 1.82) is 0 Å². The van der Waals surface area contributed by atoms with Crippen molar-refractivity contribution in [2.45, 2.75) is 53.4 Å². The van der Waals surface area contributed by atoms with Crippen molar-refractivity contribution in [2.75, 3.05) is 0 Å². The number of allylic oxidation sites excluding steroid dienone is 8. The quantitative estimate of drug-likeness (QED) is 0.133. The van der Waals surface area contributed by atoms with Gasteiger partial charge in [-0.2, -0.15) is 12.2 Å². The summed E-state index contributed by atoms with van der Waals surface area (Å²) in [6.07, 6.45) is 20.3. The van der Waals surface area contributed by atoms with Crippen LogP contribution in [-0.2, 0) is 48.5 Å². The summed E-state index contributed by atoms with van der Waals surface area (Å²) in [6, 6.07) is 80.8. The number of hydrogen-bond acceptors (Lipinski definition) is 0. The molecule has 10 aromatic carbocycles. The monoisotopic (exact) mass is 1150 g/mol. The first-order chi connectivity index (χ1) is 35.4. The van der Waals surface area contributed by atoms with Gasteiger partial charge in [0.15, 0.2) is 0 Å². The van der Waals surface area contributed by atoms with E-state index in [0.29, 0.717) is 11.8 Å². The molecule has 0 N–H and O–H groups in total. The second-order valence-electron chi connectivity index (χ2n) is 17.6. The molecule has 0 aromatic heterocycles. The van der Waals surface area contributed by atoms with E-state index in [0.717, 1.165) is 12.8 Å². The number of halogens is 2. The van der Waals surface area contributed by atoms with Crippen molar-refractivity contribution in [1.82, 2.24) is 0 Å². The van der Waals surface area contributed by atoms with E-state index in [9.17, 15) is 0 Å². The summed E-state index contributed by atoms with van der Waals surface area (Å²) in [4.78, 5) is 0. The Kier molecular flexibility index (Phi) is 25.8. The molecule has 368 valence electrons. The number of benzene rings is 8. The topological polar surface area (TPSA) is 0 Å². The molecule has 0 nitrogen and oxygen atoms in total. The molecule has 0 bridgehead atoms.